The van der Waals surface area contributed by atoms with Crippen molar-refractivity contribution >= 4 is 16.6 Å². The topological polar surface area (TPSA) is 16.1 Å². The summed E-state index contributed by atoms with van der Waals surface area (Å²) >= 11 is 0. The molecule has 94 valence electrons. The molecule has 1 aliphatic rings. The molecule has 3 heteroatoms. The van der Waals surface area contributed by atoms with Gasteiger partial charge in [0.1, 0.15) is 5.82 Å². The van der Waals surface area contributed by atoms with Gasteiger partial charge in [-0.3, -0.25) is 4.98 Å². The van der Waals surface area contributed by atoms with Gasteiger partial charge in [-0.25, -0.2) is 4.39 Å². The zero-order chi connectivity index (χ0) is 12.7. The number of aromatic nitrogens is 1. The number of pyridine rings is 1. The lowest BCUT2D eigenvalue weighted by Gasteiger charge is -2.21. The molecule has 0 atom stereocenters. The summed E-state index contributed by atoms with van der Waals surface area (Å²) in [7, 11) is 2.08. The molecule has 0 N–H and O–H groups in total. The Labute approximate surface area is 106 Å². The molecule has 0 unspecified atom stereocenters. The molecule has 0 spiro atoms. The minimum absolute atomic E-state index is 0.200. The summed E-state index contributed by atoms with van der Waals surface area (Å²) < 4.78 is 13.4. The number of benzene rings is 1. The number of rotatable bonds is 3. The Balaban J connectivity index is 2.09. The fourth-order valence-electron chi connectivity index (χ4n) is 2.41. The van der Waals surface area contributed by atoms with Gasteiger partial charge in [0.05, 0.1) is 5.52 Å². The van der Waals surface area contributed by atoms with Gasteiger partial charge >= 0.3 is 0 Å². The first-order valence-corrected chi connectivity index (χ1v) is 6.41. The molecule has 1 saturated carbocycles. The number of hydrogen-bond donors (Lipinski definition) is 0. The minimum Gasteiger partial charge on any atom is -0.374 e. The molecule has 0 saturated heterocycles. The van der Waals surface area contributed by atoms with E-state index in [2.05, 4.69) is 16.9 Å². The monoisotopic (exact) mass is 244 g/mol. The van der Waals surface area contributed by atoms with Crippen molar-refractivity contribution in [2.45, 2.75) is 19.8 Å². The van der Waals surface area contributed by atoms with Crippen LogP contribution in [-0.2, 0) is 0 Å². The molecular weight excluding hydrogens is 227 g/mol. The minimum atomic E-state index is -0.200. The van der Waals surface area contributed by atoms with Crippen LogP contribution in [-0.4, -0.2) is 18.6 Å². The first kappa shape index (κ1) is 11.5. The molecule has 0 radical (unpaired) electrons. The first-order chi connectivity index (χ1) is 8.63. The lowest BCUT2D eigenvalue weighted by Crippen LogP contribution is -2.20. The van der Waals surface area contributed by atoms with Gasteiger partial charge in [0.25, 0.3) is 0 Å². The molecule has 1 heterocycles. The lowest BCUT2D eigenvalue weighted by atomic mass is 10.1. The Morgan fingerprint density at radius 3 is 2.83 bits per heavy atom. The Kier molecular flexibility index (Phi) is 2.69. The van der Waals surface area contributed by atoms with Crippen molar-refractivity contribution < 1.29 is 4.39 Å². The lowest BCUT2D eigenvalue weighted by molar-refractivity contribution is 0.629. The summed E-state index contributed by atoms with van der Waals surface area (Å²) in [4.78, 5) is 6.69. The van der Waals surface area contributed by atoms with E-state index in [0.29, 0.717) is 0 Å². The van der Waals surface area contributed by atoms with Crippen LogP contribution in [0.4, 0.5) is 10.1 Å². The molecule has 18 heavy (non-hydrogen) atoms. The molecule has 1 aromatic carbocycles. The Hall–Kier alpha value is -1.64. The van der Waals surface area contributed by atoms with E-state index in [4.69, 9.17) is 0 Å². The molecule has 1 aromatic heterocycles. The van der Waals surface area contributed by atoms with Gasteiger partial charge in [0.2, 0.25) is 0 Å². The van der Waals surface area contributed by atoms with E-state index in [1.165, 1.54) is 18.9 Å². The van der Waals surface area contributed by atoms with Crippen molar-refractivity contribution in [3.05, 3.63) is 35.8 Å². The second-order valence-corrected chi connectivity index (χ2v) is 5.27. The number of anilines is 1. The van der Waals surface area contributed by atoms with Gasteiger partial charge in [-0.15, -0.1) is 0 Å². The zero-order valence-corrected chi connectivity index (χ0v) is 10.8. The van der Waals surface area contributed by atoms with Gasteiger partial charge in [-0.05, 0) is 49.9 Å². The quantitative estimate of drug-likeness (QED) is 0.821. The van der Waals surface area contributed by atoms with E-state index in [9.17, 15) is 4.39 Å². The Morgan fingerprint density at radius 2 is 2.11 bits per heavy atom. The number of aryl methyl sites for hydroxylation is 1. The summed E-state index contributed by atoms with van der Waals surface area (Å²) in [5.74, 6) is 0.612. The highest BCUT2D eigenvalue weighted by Crippen LogP contribution is 2.33. The van der Waals surface area contributed by atoms with Crippen LogP contribution < -0.4 is 4.90 Å². The van der Waals surface area contributed by atoms with Crippen molar-refractivity contribution in [1.29, 1.82) is 0 Å². The number of hydrogen-bond acceptors (Lipinski definition) is 2. The smallest absolute Gasteiger partial charge is 0.124 e. The number of nitrogens with zero attached hydrogens (tertiary/aromatic N) is 2. The van der Waals surface area contributed by atoms with Crippen LogP contribution in [0.1, 0.15) is 18.5 Å². The maximum Gasteiger partial charge on any atom is 0.124 e. The SMILES string of the molecule is Cc1cc(N(C)CC2CC2)c2cc(F)ccc2n1. The predicted octanol–water partition coefficient (Wildman–Crippen LogP) is 3.53. The summed E-state index contributed by atoms with van der Waals surface area (Å²) in [6.45, 7) is 3.03. The van der Waals surface area contributed by atoms with Crippen molar-refractivity contribution in [2.75, 3.05) is 18.5 Å². The summed E-state index contributed by atoms with van der Waals surface area (Å²) in [6.07, 6.45) is 2.64. The number of halogens is 1. The second kappa shape index (κ2) is 4.23. The highest BCUT2D eigenvalue weighted by atomic mass is 19.1. The maximum atomic E-state index is 13.4. The van der Waals surface area contributed by atoms with Gasteiger partial charge in [-0.1, -0.05) is 0 Å². The summed E-state index contributed by atoms with van der Waals surface area (Å²) in [5, 5.41) is 0.906. The van der Waals surface area contributed by atoms with Gasteiger partial charge in [-0.2, -0.15) is 0 Å². The average Bonchev–Trinajstić information content (AvgIpc) is 3.12. The largest absolute Gasteiger partial charge is 0.374 e. The third-order valence-corrected chi connectivity index (χ3v) is 3.52. The van der Waals surface area contributed by atoms with Crippen LogP contribution in [0.2, 0.25) is 0 Å². The standard InChI is InChI=1S/C15H17FN2/c1-10-7-15(18(2)9-11-3-4-11)13-8-12(16)5-6-14(13)17-10/h5-8,11H,3-4,9H2,1-2H3. The van der Waals surface area contributed by atoms with Crippen LogP contribution in [0.25, 0.3) is 10.9 Å². The van der Waals surface area contributed by atoms with E-state index in [1.807, 2.05) is 13.0 Å². The molecule has 0 aliphatic heterocycles. The fraction of sp³-hybridized carbons (Fsp3) is 0.400. The molecule has 0 amide bonds. The van der Waals surface area contributed by atoms with E-state index in [-0.39, 0.29) is 5.82 Å². The van der Waals surface area contributed by atoms with Gasteiger partial charge in [0, 0.05) is 30.4 Å². The second-order valence-electron chi connectivity index (χ2n) is 5.27. The third kappa shape index (κ3) is 2.17. The fourth-order valence-corrected chi connectivity index (χ4v) is 2.41. The first-order valence-electron chi connectivity index (χ1n) is 6.41. The predicted molar refractivity (Wildman–Crippen MR) is 72.4 cm³/mol. The Bertz CT molecular complexity index is 590. The highest BCUT2D eigenvalue weighted by molar-refractivity contribution is 5.91. The van der Waals surface area contributed by atoms with Crippen LogP contribution >= 0.6 is 0 Å². The summed E-state index contributed by atoms with van der Waals surface area (Å²) in [5.41, 5.74) is 2.93. The summed E-state index contributed by atoms with van der Waals surface area (Å²) in [6, 6.07) is 6.86. The van der Waals surface area contributed by atoms with Crippen molar-refractivity contribution in [1.82, 2.24) is 4.98 Å². The molecule has 3 rings (SSSR count). The van der Waals surface area contributed by atoms with Crippen molar-refractivity contribution in [3.8, 4) is 0 Å². The van der Waals surface area contributed by atoms with Gasteiger partial charge < -0.3 is 4.90 Å². The Morgan fingerprint density at radius 1 is 1.33 bits per heavy atom. The van der Waals surface area contributed by atoms with Crippen LogP contribution in [0.15, 0.2) is 24.3 Å². The molecule has 0 bridgehead atoms. The van der Waals surface area contributed by atoms with Crippen molar-refractivity contribution in [3.63, 3.8) is 0 Å². The highest BCUT2D eigenvalue weighted by Gasteiger charge is 2.23. The molecule has 2 nitrogen and oxygen atoms in total. The zero-order valence-electron chi connectivity index (χ0n) is 10.8. The van der Waals surface area contributed by atoms with Gasteiger partial charge in [0.15, 0.2) is 0 Å². The maximum absolute atomic E-state index is 13.4. The van der Waals surface area contributed by atoms with E-state index >= 15 is 0 Å². The van der Waals surface area contributed by atoms with Crippen molar-refractivity contribution in [2.24, 2.45) is 5.92 Å². The van der Waals surface area contributed by atoms with Crippen LogP contribution in [0.5, 0.6) is 0 Å². The number of fused-ring (bicyclic) bond motifs is 1. The van der Waals surface area contributed by atoms with E-state index in [1.54, 1.807) is 12.1 Å². The van der Waals surface area contributed by atoms with Crippen LogP contribution in [0, 0.1) is 18.7 Å². The third-order valence-electron chi connectivity index (χ3n) is 3.52. The average molecular weight is 244 g/mol. The molecule has 2 aromatic rings. The molecular formula is C15H17FN2. The molecule has 1 aliphatic carbocycles. The van der Waals surface area contributed by atoms with Crippen LogP contribution in [0.3, 0.4) is 0 Å². The van der Waals surface area contributed by atoms with E-state index in [0.717, 1.165) is 34.7 Å². The van der Waals surface area contributed by atoms with E-state index < -0.39 is 0 Å². The molecule has 1 fully saturated rings. The normalized spacial score (nSPS) is 15.1.